The van der Waals surface area contributed by atoms with Crippen LogP contribution in [0.3, 0.4) is 0 Å². The summed E-state index contributed by atoms with van der Waals surface area (Å²) in [4.78, 5) is 15.1. The van der Waals surface area contributed by atoms with Gasteiger partial charge in [-0.1, -0.05) is 30.3 Å². The minimum absolute atomic E-state index is 0.0658. The van der Waals surface area contributed by atoms with Gasteiger partial charge in [0.05, 0.1) is 0 Å². The van der Waals surface area contributed by atoms with Crippen LogP contribution in [0.5, 0.6) is 0 Å². The Hall–Kier alpha value is -2.14. The Labute approximate surface area is 142 Å². The number of nitrogens with one attached hydrogen (secondary N) is 1. The number of carbonyl (C=O) groups is 1. The summed E-state index contributed by atoms with van der Waals surface area (Å²) in [6, 6.07) is 9.99. The van der Waals surface area contributed by atoms with Gasteiger partial charge in [-0.05, 0) is 24.3 Å². The highest BCUT2D eigenvalue weighted by molar-refractivity contribution is 5.94. The summed E-state index contributed by atoms with van der Waals surface area (Å²) in [5.41, 5.74) is 4.04. The number of aryl methyl sites for hydroxylation is 1. The number of rotatable bonds is 5. The molecule has 126 valence electrons. The Kier molecular flexibility index (Phi) is 4.10. The van der Waals surface area contributed by atoms with Crippen LogP contribution in [0.25, 0.3) is 0 Å². The first-order valence-electron chi connectivity index (χ1n) is 8.80. The highest BCUT2D eigenvalue weighted by atomic mass is 16.1. The van der Waals surface area contributed by atoms with E-state index < -0.39 is 0 Å². The zero-order valence-corrected chi connectivity index (χ0v) is 14.2. The van der Waals surface area contributed by atoms with Gasteiger partial charge >= 0.3 is 0 Å². The molecule has 1 N–H and O–H groups in total. The Morgan fingerprint density at radius 2 is 2.08 bits per heavy atom. The summed E-state index contributed by atoms with van der Waals surface area (Å²) < 4.78 is 1.89. The van der Waals surface area contributed by atoms with Crippen LogP contribution in [0, 0.1) is 5.92 Å². The van der Waals surface area contributed by atoms with E-state index in [1.165, 1.54) is 25.1 Å². The molecule has 4 rings (SSSR count). The maximum Gasteiger partial charge on any atom is 0.272 e. The lowest BCUT2D eigenvalue weighted by Gasteiger charge is -2.27. The number of nitrogens with zero attached hydrogens (tertiary/aromatic N) is 3. The second kappa shape index (κ2) is 6.40. The quantitative estimate of drug-likeness (QED) is 0.916. The van der Waals surface area contributed by atoms with Gasteiger partial charge in [-0.15, -0.1) is 0 Å². The minimum atomic E-state index is -0.0658. The van der Waals surface area contributed by atoms with Crippen molar-refractivity contribution in [2.45, 2.75) is 32.4 Å². The van der Waals surface area contributed by atoms with Gasteiger partial charge in [0.2, 0.25) is 0 Å². The summed E-state index contributed by atoms with van der Waals surface area (Å²) in [6.45, 7) is 3.64. The van der Waals surface area contributed by atoms with Crippen LogP contribution >= 0.6 is 0 Å². The lowest BCUT2D eigenvalue weighted by atomic mass is 10.0. The maximum atomic E-state index is 12.6. The number of amides is 1. The molecule has 1 aliphatic carbocycles. The van der Waals surface area contributed by atoms with Gasteiger partial charge in [-0.25, -0.2) is 0 Å². The third-order valence-corrected chi connectivity index (χ3v) is 5.05. The molecule has 0 bridgehead atoms. The summed E-state index contributed by atoms with van der Waals surface area (Å²) in [7, 11) is 1.95. The molecular weight excluding hydrogens is 300 g/mol. The summed E-state index contributed by atoms with van der Waals surface area (Å²) >= 11 is 0. The summed E-state index contributed by atoms with van der Waals surface area (Å²) in [5.74, 6) is 0.808. The molecule has 5 nitrogen and oxygen atoms in total. The van der Waals surface area contributed by atoms with Crippen LogP contribution in [0.1, 0.15) is 40.2 Å². The number of hydrogen-bond acceptors (Lipinski definition) is 3. The van der Waals surface area contributed by atoms with Crippen LogP contribution in [0.15, 0.2) is 30.3 Å². The van der Waals surface area contributed by atoms with Crippen LogP contribution in [0.2, 0.25) is 0 Å². The van der Waals surface area contributed by atoms with Crippen molar-refractivity contribution < 1.29 is 4.79 Å². The smallest absolute Gasteiger partial charge is 0.272 e. The molecule has 2 heterocycles. The fourth-order valence-corrected chi connectivity index (χ4v) is 3.51. The van der Waals surface area contributed by atoms with Crippen molar-refractivity contribution in [3.05, 3.63) is 52.8 Å². The standard InChI is InChI=1S/C19H24N4O/c1-22-17-9-10-23(12-15-7-8-15)13-16(17)18(21-22)19(24)20-11-14-5-3-2-4-6-14/h2-6,15H,7-13H2,1H3,(H,20,24). The van der Waals surface area contributed by atoms with Crippen LogP contribution in [-0.2, 0) is 26.6 Å². The van der Waals surface area contributed by atoms with Gasteiger partial charge in [0.1, 0.15) is 0 Å². The van der Waals surface area contributed by atoms with Gasteiger partial charge in [0.25, 0.3) is 5.91 Å². The third kappa shape index (κ3) is 3.22. The van der Waals surface area contributed by atoms with Gasteiger partial charge in [0, 0.05) is 50.9 Å². The van der Waals surface area contributed by atoms with Crippen molar-refractivity contribution in [2.75, 3.05) is 13.1 Å². The van der Waals surface area contributed by atoms with E-state index in [1.807, 2.05) is 42.1 Å². The highest BCUT2D eigenvalue weighted by Crippen LogP contribution is 2.32. The Bertz CT molecular complexity index is 733. The highest BCUT2D eigenvalue weighted by Gasteiger charge is 2.30. The topological polar surface area (TPSA) is 50.2 Å². The molecule has 0 unspecified atom stereocenters. The average molecular weight is 324 g/mol. The first-order valence-corrected chi connectivity index (χ1v) is 8.80. The third-order valence-electron chi connectivity index (χ3n) is 5.05. The second-order valence-electron chi connectivity index (χ2n) is 6.99. The monoisotopic (exact) mass is 324 g/mol. The molecule has 5 heteroatoms. The van der Waals surface area contributed by atoms with Gasteiger partial charge in [0.15, 0.2) is 5.69 Å². The zero-order chi connectivity index (χ0) is 16.5. The molecule has 0 atom stereocenters. The van der Waals surface area contributed by atoms with E-state index in [-0.39, 0.29) is 5.91 Å². The largest absolute Gasteiger partial charge is 0.347 e. The molecular formula is C19H24N4O. The van der Waals surface area contributed by atoms with Crippen molar-refractivity contribution in [2.24, 2.45) is 13.0 Å². The van der Waals surface area contributed by atoms with E-state index in [4.69, 9.17) is 0 Å². The van der Waals surface area contributed by atoms with Gasteiger partial charge in [-0.3, -0.25) is 14.4 Å². The molecule has 1 amide bonds. The molecule has 2 aromatic rings. The maximum absolute atomic E-state index is 12.6. The first-order chi connectivity index (χ1) is 11.7. The zero-order valence-electron chi connectivity index (χ0n) is 14.2. The van der Waals surface area contributed by atoms with E-state index in [1.54, 1.807) is 0 Å². The SMILES string of the molecule is Cn1nc(C(=O)NCc2ccccc2)c2c1CCN(CC1CC1)C2. The number of carbonyl (C=O) groups excluding carboxylic acids is 1. The summed E-state index contributed by atoms with van der Waals surface area (Å²) in [6.07, 6.45) is 3.71. The predicted octanol–water partition coefficient (Wildman–Crippen LogP) is 2.12. The number of fused-ring (bicyclic) bond motifs is 1. The number of aromatic nitrogens is 2. The fraction of sp³-hybridized carbons (Fsp3) is 0.474. The van der Waals surface area contributed by atoms with Crippen molar-refractivity contribution in [1.29, 1.82) is 0 Å². The average Bonchev–Trinajstić information content (AvgIpc) is 3.36. The molecule has 0 radical (unpaired) electrons. The molecule has 1 aromatic carbocycles. The van der Waals surface area contributed by atoms with Gasteiger partial charge in [-0.2, -0.15) is 5.10 Å². The van der Waals surface area contributed by atoms with Crippen LogP contribution in [-0.4, -0.2) is 33.7 Å². The van der Waals surface area contributed by atoms with Crippen LogP contribution < -0.4 is 5.32 Å². The molecule has 2 aliphatic rings. The molecule has 1 saturated carbocycles. The normalized spacial score (nSPS) is 17.5. The molecule has 1 aliphatic heterocycles. The van der Waals surface area contributed by atoms with Crippen molar-refractivity contribution in [1.82, 2.24) is 20.0 Å². The molecule has 1 aromatic heterocycles. The minimum Gasteiger partial charge on any atom is -0.347 e. The lowest BCUT2D eigenvalue weighted by Crippen LogP contribution is -2.34. The molecule has 0 spiro atoms. The van der Waals surface area contributed by atoms with E-state index in [2.05, 4.69) is 15.3 Å². The molecule has 1 fully saturated rings. The van der Waals surface area contributed by atoms with Crippen LogP contribution in [0.4, 0.5) is 0 Å². The van der Waals surface area contributed by atoms with E-state index in [9.17, 15) is 4.79 Å². The predicted molar refractivity (Wildman–Crippen MR) is 92.5 cm³/mol. The van der Waals surface area contributed by atoms with Gasteiger partial charge < -0.3 is 5.32 Å². The Morgan fingerprint density at radius 3 is 2.83 bits per heavy atom. The van der Waals surface area contributed by atoms with Crippen molar-refractivity contribution in [3.8, 4) is 0 Å². The Balaban J connectivity index is 1.47. The fourth-order valence-electron chi connectivity index (χ4n) is 3.51. The van der Waals surface area contributed by atoms with E-state index in [0.717, 1.165) is 36.6 Å². The van der Waals surface area contributed by atoms with Crippen molar-refractivity contribution in [3.63, 3.8) is 0 Å². The summed E-state index contributed by atoms with van der Waals surface area (Å²) in [5, 5.41) is 7.53. The van der Waals surface area contributed by atoms with E-state index in [0.29, 0.717) is 12.2 Å². The van der Waals surface area contributed by atoms with E-state index >= 15 is 0 Å². The lowest BCUT2D eigenvalue weighted by molar-refractivity contribution is 0.0943. The van der Waals surface area contributed by atoms with Crippen molar-refractivity contribution >= 4 is 5.91 Å². The number of benzene rings is 1. The molecule has 24 heavy (non-hydrogen) atoms. The second-order valence-corrected chi connectivity index (χ2v) is 6.99. The molecule has 0 saturated heterocycles. The first kappa shape index (κ1) is 15.4. The Morgan fingerprint density at radius 1 is 1.29 bits per heavy atom. The number of hydrogen-bond donors (Lipinski definition) is 1.